The molecule has 6 heteroatoms. The van der Waals surface area contributed by atoms with E-state index in [0.717, 1.165) is 29.8 Å². The molecule has 5 nitrogen and oxygen atoms in total. The Morgan fingerprint density at radius 2 is 2.10 bits per heavy atom. The topological polar surface area (TPSA) is 72.6 Å². The predicted octanol–water partition coefficient (Wildman–Crippen LogP) is 5.22. The second-order valence-electron chi connectivity index (χ2n) is 7.78. The monoisotopic (exact) mass is 409 g/mol. The Balaban J connectivity index is 1.39. The molecule has 0 amide bonds. The number of rotatable bonds is 7. The molecular formula is C24H24FNO4. The van der Waals surface area contributed by atoms with Crippen molar-refractivity contribution in [2.75, 3.05) is 6.61 Å². The molecule has 2 aromatic carbocycles. The maximum atomic E-state index is 13.8. The van der Waals surface area contributed by atoms with E-state index in [1.54, 1.807) is 19.1 Å². The van der Waals surface area contributed by atoms with Gasteiger partial charge in [-0.15, -0.1) is 0 Å². The van der Waals surface area contributed by atoms with E-state index in [0.29, 0.717) is 35.8 Å². The number of benzene rings is 2. The first-order valence-electron chi connectivity index (χ1n) is 10.1. The molecule has 0 saturated carbocycles. The van der Waals surface area contributed by atoms with Crippen LogP contribution in [0.15, 0.2) is 40.8 Å². The van der Waals surface area contributed by atoms with Crippen LogP contribution in [0.5, 0.6) is 5.75 Å². The molecule has 3 aromatic rings. The van der Waals surface area contributed by atoms with E-state index in [2.05, 4.69) is 4.98 Å². The number of carboxylic acid groups (broad SMARTS) is 1. The Labute approximate surface area is 174 Å². The first-order valence-corrected chi connectivity index (χ1v) is 10.1. The number of carbonyl (C=O) groups is 1. The van der Waals surface area contributed by atoms with Crippen LogP contribution in [-0.4, -0.2) is 22.7 Å². The molecule has 0 fully saturated rings. The maximum Gasteiger partial charge on any atom is 0.303 e. The Bertz CT molecular complexity index is 1090. The fraction of sp³-hybridized carbons (Fsp3) is 0.333. The molecule has 1 atom stereocenters. The molecule has 0 saturated heterocycles. The van der Waals surface area contributed by atoms with Crippen molar-refractivity contribution in [1.29, 1.82) is 0 Å². The standard InChI is InChI=1S/C24H24FNO4/c1-14-3-4-18(12-21(14)25)24-26-22(15(2)30-24)9-10-29-19-7-8-20-16(11-19)5-6-17(20)13-23(27)28/h3-4,7-8,11-12,17H,5-6,9-10,13H2,1-2H3,(H,27,28). The number of halogens is 1. The second-order valence-corrected chi connectivity index (χ2v) is 7.78. The molecule has 156 valence electrons. The van der Waals surface area contributed by atoms with Crippen molar-refractivity contribution in [1.82, 2.24) is 4.98 Å². The molecule has 0 radical (unpaired) electrons. The summed E-state index contributed by atoms with van der Waals surface area (Å²) in [6.45, 7) is 3.99. The first kappa shape index (κ1) is 20.1. The number of ether oxygens (including phenoxy) is 1. The van der Waals surface area contributed by atoms with Gasteiger partial charge in [0, 0.05) is 12.0 Å². The van der Waals surface area contributed by atoms with Crippen LogP contribution in [0.3, 0.4) is 0 Å². The van der Waals surface area contributed by atoms with Crippen LogP contribution in [0.25, 0.3) is 11.5 Å². The van der Waals surface area contributed by atoms with Gasteiger partial charge in [0.05, 0.1) is 18.7 Å². The number of hydrogen-bond donors (Lipinski definition) is 1. The minimum Gasteiger partial charge on any atom is -0.493 e. The zero-order valence-corrected chi connectivity index (χ0v) is 17.1. The lowest BCUT2D eigenvalue weighted by Crippen LogP contribution is -2.04. The van der Waals surface area contributed by atoms with Gasteiger partial charge in [0.2, 0.25) is 5.89 Å². The number of aliphatic carboxylic acids is 1. The van der Waals surface area contributed by atoms with Gasteiger partial charge in [-0.2, -0.15) is 0 Å². The van der Waals surface area contributed by atoms with Crippen molar-refractivity contribution in [3.8, 4) is 17.2 Å². The molecule has 30 heavy (non-hydrogen) atoms. The average molecular weight is 409 g/mol. The molecule has 1 aliphatic carbocycles. The summed E-state index contributed by atoms with van der Waals surface area (Å²) >= 11 is 0. The van der Waals surface area contributed by atoms with Crippen LogP contribution in [0, 0.1) is 19.7 Å². The van der Waals surface area contributed by atoms with E-state index in [9.17, 15) is 9.18 Å². The van der Waals surface area contributed by atoms with E-state index >= 15 is 0 Å². The summed E-state index contributed by atoms with van der Waals surface area (Å²) in [6, 6.07) is 10.8. The lowest BCUT2D eigenvalue weighted by atomic mass is 9.98. The predicted molar refractivity (Wildman–Crippen MR) is 110 cm³/mol. The molecule has 1 unspecified atom stereocenters. The van der Waals surface area contributed by atoms with Crippen molar-refractivity contribution >= 4 is 5.97 Å². The second kappa shape index (κ2) is 8.30. The third-order valence-electron chi connectivity index (χ3n) is 5.66. The van der Waals surface area contributed by atoms with Gasteiger partial charge in [-0.05, 0) is 73.6 Å². The molecule has 1 aliphatic rings. The van der Waals surface area contributed by atoms with Gasteiger partial charge in [-0.1, -0.05) is 12.1 Å². The van der Waals surface area contributed by atoms with E-state index in [1.165, 1.54) is 11.6 Å². The highest BCUT2D eigenvalue weighted by Crippen LogP contribution is 2.37. The Morgan fingerprint density at radius 1 is 1.27 bits per heavy atom. The zero-order chi connectivity index (χ0) is 21.3. The molecular weight excluding hydrogens is 385 g/mol. The SMILES string of the molecule is Cc1ccc(-c2nc(CCOc3ccc4c(c3)CCC4CC(=O)O)c(C)o2)cc1F. The highest BCUT2D eigenvalue weighted by molar-refractivity contribution is 5.68. The van der Waals surface area contributed by atoms with Crippen LogP contribution in [0.4, 0.5) is 4.39 Å². The van der Waals surface area contributed by atoms with Crippen LogP contribution in [-0.2, 0) is 17.6 Å². The number of oxazole rings is 1. The van der Waals surface area contributed by atoms with E-state index in [1.807, 2.05) is 25.1 Å². The summed E-state index contributed by atoms with van der Waals surface area (Å²) in [5, 5.41) is 9.04. The Hall–Kier alpha value is -3.15. The number of aryl methyl sites for hydroxylation is 3. The quantitative estimate of drug-likeness (QED) is 0.579. The van der Waals surface area contributed by atoms with Crippen LogP contribution in [0.1, 0.15) is 46.9 Å². The molecule has 0 aliphatic heterocycles. The Kier molecular flexibility index (Phi) is 5.57. The summed E-state index contributed by atoms with van der Waals surface area (Å²) < 4.78 is 25.4. The summed E-state index contributed by atoms with van der Waals surface area (Å²) in [6.07, 6.45) is 2.49. The van der Waals surface area contributed by atoms with Crippen molar-refractivity contribution in [3.63, 3.8) is 0 Å². The number of nitrogens with zero attached hydrogens (tertiary/aromatic N) is 1. The highest BCUT2D eigenvalue weighted by atomic mass is 19.1. The van der Waals surface area contributed by atoms with Crippen LogP contribution < -0.4 is 4.74 Å². The summed E-state index contributed by atoms with van der Waals surface area (Å²) in [5.74, 6) is 0.920. The number of fused-ring (bicyclic) bond motifs is 1. The van der Waals surface area contributed by atoms with Crippen molar-refractivity contribution < 1.29 is 23.4 Å². The van der Waals surface area contributed by atoms with E-state index in [-0.39, 0.29) is 18.2 Å². The molecule has 4 rings (SSSR count). The van der Waals surface area contributed by atoms with E-state index < -0.39 is 5.97 Å². The van der Waals surface area contributed by atoms with Gasteiger partial charge in [0.25, 0.3) is 0 Å². The third kappa shape index (κ3) is 4.22. The maximum absolute atomic E-state index is 13.8. The summed E-state index contributed by atoms with van der Waals surface area (Å²) in [4.78, 5) is 15.5. The normalized spacial score (nSPS) is 15.2. The minimum absolute atomic E-state index is 0.0920. The van der Waals surface area contributed by atoms with Crippen molar-refractivity contribution in [2.24, 2.45) is 0 Å². The van der Waals surface area contributed by atoms with E-state index in [4.69, 9.17) is 14.3 Å². The lowest BCUT2D eigenvalue weighted by Gasteiger charge is -2.10. The van der Waals surface area contributed by atoms with Gasteiger partial charge >= 0.3 is 5.97 Å². The number of carboxylic acids is 1. The Morgan fingerprint density at radius 3 is 2.87 bits per heavy atom. The minimum atomic E-state index is -0.760. The van der Waals surface area contributed by atoms with Crippen LogP contribution >= 0.6 is 0 Å². The molecule has 0 bridgehead atoms. The fourth-order valence-electron chi connectivity index (χ4n) is 3.97. The summed E-state index contributed by atoms with van der Waals surface area (Å²) in [7, 11) is 0. The van der Waals surface area contributed by atoms with Gasteiger partial charge in [0.15, 0.2) is 0 Å². The molecule has 1 heterocycles. The fourth-order valence-corrected chi connectivity index (χ4v) is 3.97. The van der Waals surface area contributed by atoms with Crippen LogP contribution in [0.2, 0.25) is 0 Å². The van der Waals surface area contributed by atoms with Crippen molar-refractivity contribution in [2.45, 2.75) is 45.4 Å². The highest BCUT2D eigenvalue weighted by Gasteiger charge is 2.25. The first-order chi connectivity index (χ1) is 14.4. The van der Waals surface area contributed by atoms with Gasteiger partial charge in [0.1, 0.15) is 17.3 Å². The van der Waals surface area contributed by atoms with Gasteiger partial charge in [-0.25, -0.2) is 9.37 Å². The third-order valence-corrected chi connectivity index (χ3v) is 5.66. The summed E-state index contributed by atoms with van der Waals surface area (Å²) in [5.41, 5.74) is 4.27. The van der Waals surface area contributed by atoms with Gasteiger partial charge in [-0.3, -0.25) is 4.79 Å². The largest absolute Gasteiger partial charge is 0.493 e. The lowest BCUT2D eigenvalue weighted by molar-refractivity contribution is -0.137. The zero-order valence-electron chi connectivity index (χ0n) is 17.1. The average Bonchev–Trinajstić information content (AvgIpc) is 3.27. The molecule has 1 aromatic heterocycles. The van der Waals surface area contributed by atoms with Gasteiger partial charge < -0.3 is 14.3 Å². The smallest absolute Gasteiger partial charge is 0.303 e. The van der Waals surface area contributed by atoms with Crippen molar-refractivity contribution in [3.05, 3.63) is 70.4 Å². The molecule has 0 spiro atoms. The number of hydrogen-bond acceptors (Lipinski definition) is 4. The molecule has 1 N–H and O–H groups in total. The number of aromatic nitrogens is 1.